The van der Waals surface area contributed by atoms with E-state index in [0.717, 1.165) is 45.0 Å². The van der Waals surface area contributed by atoms with Crippen molar-refractivity contribution < 1.29 is 4.74 Å². The maximum Gasteiger partial charge on any atom is 0.224 e. The molecule has 20 heavy (non-hydrogen) atoms. The number of nitrogens with zero attached hydrogens (tertiary/aromatic N) is 3. The van der Waals surface area contributed by atoms with Crippen molar-refractivity contribution >= 4 is 23.4 Å². The number of hydrogen-bond donors (Lipinski definition) is 1. The normalized spacial score (nSPS) is 18.9. The second kappa shape index (κ2) is 7.64. The van der Waals surface area contributed by atoms with E-state index >= 15 is 0 Å². The van der Waals surface area contributed by atoms with E-state index in [4.69, 9.17) is 16.3 Å². The van der Waals surface area contributed by atoms with Gasteiger partial charge in [-0.25, -0.2) is 4.98 Å². The Morgan fingerprint density at radius 1 is 1.55 bits per heavy atom. The zero-order valence-electron chi connectivity index (χ0n) is 12.2. The first-order valence-electron chi connectivity index (χ1n) is 7.26. The number of anilines is 2. The summed E-state index contributed by atoms with van der Waals surface area (Å²) in [4.78, 5) is 10.8. The molecule has 0 bridgehead atoms. The van der Waals surface area contributed by atoms with Gasteiger partial charge in [0.25, 0.3) is 0 Å². The first kappa shape index (κ1) is 15.3. The Hall–Kier alpha value is -1.07. The average Bonchev–Trinajstić information content (AvgIpc) is 2.47. The molecule has 0 aliphatic carbocycles. The monoisotopic (exact) mass is 298 g/mol. The number of halogens is 1. The fourth-order valence-electron chi connectivity index (χ4n) is 2.37. The molecule has 0 saturated carbocycles. The molecule has 1 aliphatic rings. The van der Waals surface area contributed by atoms with Crippen LogP contribution in [0.1, 0.15) is 26.2 Å². The van der Waals surface area contributed by atoms with Gasteiger partial charge in [0.1, 0.15) is 5.02 Å². The molecule has 0 spiro atoms. The molecule has 1 fully saturated rings. The molecule has 1 aromatic rings. The summed E-state index contributed by atoms with van der Waals surface area (Å²) in [6.45, 7) is 5.60. The minimum absolute atomic E-state index is 0.548. The van der Waals surface area contributed by atoms with Crippen molar-refractivity contribution in [3.05, 3.63) is 11.2 Å². The summed E-state index contributed by atoms with van der Waals surface area (Å²) in [6.07, 6.45) is 5.04. The second-order valence-electron chi connectivity index (χ2n) is 5.26. The minimum Gasteiger partial charge on any atom is -0.381 e. The Morgan fingerprint density at radius 3 is 3.10 bits per heavy atom. The molecular weight excluding hydrogens is 276 g/mol. The van der Waals surface area contributed by atoms with E-state index in [1.165, 1.54) is 6.42 Å². The van der Waals surface area contributed by atoms with Crippen molar-refractivity contribution in [3.8, 4) is 0 Å². The van der Waals surface area contributed by atoms with Crippen LogP contribution < -0.4 is 10.2 Å². The minimum atomic E-state index is 0.548. The van der Waals surface area contributed by atoms with Gasteiger partial charge in [-0.3, -0.25) is 0 Å². The zero-order valence-corrected chi connectivity index (χ0v) is 13.0. The Kier molecular flexibility index (Phi) is 5.86. The Labute approximate surface area is 125 Å². The number of rotatable bonds is 6. The molecule has 112 valence electrons. The van der Waals surface area contributed by atoms with Gasteiger partial charge in [0.05, 0.1) is 12.8 Å². The largest absolute Gasteiger partial charge is 0.381 e. The SMILES string of the molecule is CCCNc1ncc(Cl)c(N(C)CC2CCCOC2)n1. The quantitative estimate of drug-likeness (QED) is 0.875. The number of ether oxygens (including phenoxy) is 1. The molecule has 0 amide bonds. The molecule has 0 aromatic carbocycles. The Balaban J connectivity index is 2.01. The van der Waals surface area contributed by atoms with Crippen LogP contribution in [-0.4, -0.2) is 43.3 Å². The lowest BCUT2D eigenvalue weighted by Crippen LogP contribution is -2.31. The Morgan fingerprint density at radius 2 is 2.40 bits per heavy atom. The first-order valence-corrected chi connectivity index (χ1v) is 7.63. The number of nitrogens with one attached hydrogen (secondary N) is 1. The summed E-state index contributed by atoms with van der Waals surface area (Å²) >= 11 is 6.22. The molecule has 1 atom stereocenters. The number of hydrogen-bond acceptors (Lipinski definition) is 5. The third-order valence-electron chi connectivity index (χ3n) is 3.41. The molecule has 1 N–H and O–H groups in total. The van der Waals surface area contributed by atoms with Crippen LogP contribution in [0.2, 0.25) is 5.02 Å². The fourth-order valence-corrected chi connectivity index (χ4v) is 2.61. The van der Waals surface area contributed by atoms with Crippen LogP contribution >= 0.6 is 11.6 Å². The van der Waals surface area contributed by atoms with Crippen molar-refractivity contribution in [2.45, 2.75) is 26.2 Å². The topological polar surface area (TPSA) is 50.3 Å². The van der Waals surface area contributed by atoms with Gasteiger partial charge in [-0.1, -0.05) is 18.5 Å². The van der Waals surface area contributed by atoms with E-state index in [2.05, 4.69) is 27.1 Å². The predicted molar refractivity (Wildman–Crippen MR) is 82.6 cm³/mol. The molecule has 0 radical (unpaired) electrons. The fraction of sp³-hybridized carbons (Fsp3) is 0.714. The summed E-state index contributed by atoms with van der Waals surface area (Å²) in [5, 5.41) is 3.78. The van der Waals surface area contributed by atoms with E-state index in [-0.39, 0.29) is 0 Å². The summed E-state index contributed by atoms with van der Waals surface area (Å²) in [7, 11) is 2.02. The van der Waals surface area contributed by atoms with E-state index in [9.17, 15) is 0 Å². The molecule has 6 heteroatoms. The third kappa shape index (κ3) is 4.21. The maximum atomic E-state index is 6.22. The molecule has 5 nitrogen and oxygen atoms in total. The van der Waals surface area contributed by atoms with Crippen molar-refractivity contribution in [2.24, 2.45) is 5.92 Å². The van der Waals surface area contributed by atoms with Crippen molar-refractivity contribution in [1.82, 2.24) is 9.97 Å². The second-order valence-corrected chi connectivity index (χ2v) is 5.66. The van der Waals surface area contributed by atoms with E-state index in [0.29, 0.717) is 16.9 Å². The molecule has 2 heterocycles. The average molecular weight is 299 g/mol. The van der Waals surface area contributed by atoms with Gasteiger partial charge in [-0.15, -0.1) is 0 Å². The lowest BCUT2D eigenvalue weighted by Gasteiger charge is -2.28. The standard InChI is InChI=1S/C14H23ClN4O/c1-3-6-16-14-17-8-12(15)13(18-14)19(2)9-11-5-4-7-20-10-11/h8,11H,3-7,9-10H2,1-2H3,(H,16,17,18). The van der Waals surface area contributed by atoms with Gasteiger partial charge in [0, 0.05) is 26.7 Å². The highest BCUT2D eigenvalue weighted by Gasteiger charge is 2.18. The van der Waals surface area contributed by atoms with Crippen LogP contribution in [0.25, 0.3) is 0 Å². The van der Waals surface area contributed by atoms with Crippen LogP contribution in [0.3, 0.4) is 0 Å². The molecule has 2 rings (SSSR count). The van der Waals surface area contributed by atoms with Crippen molar-refractivity contribution in [3.63, 3.8) is 0 Å². The third-order valence-corrected chi connectivity index (χ3v) is 3.67. The van der Waals surface area contributed by atoms with Gasteiger partial charge in [-0.2, -0.15) is 4.98 Å². The lowest BCUT2D eigenvalue weighted by atomic mass is 10.0. The summed E-state index contributed by atoms with van der Waals surface area (Å²) in [6, 6.07) is 0. The maximum absolute atomic E-state index is 6.22. The first-order chi connectivity index (χ1) is 9.70. The highest BCUT2D eigenvalue weighted by Crippen LogP contribution is 2.25. The number of aromatic nitrogens is 2. The lowest BCUT2D eigenvalue weighted by molar-refractivity contribution is 0.0576. The van der Waals surface area contributed by atoms with E-state index in [1.54, 1.807) is 6.20 Å². The molecule has 1 saturated heterocycles. The summed E-state index contributed by atoms with van der Waals surface area (Å²) in [5.74, 6) is 1.97. The summed E-state index contributed by atoms with van der Waals surface area (Å²) in [5.41, 5.74) is 0. The van der Waals surface area contributed by atoms with Gasteiger partial charge < -0.3 is 15.0 Å². The predicted octanol–water partition coefficient (Wildman–Crippen LogP) is 2.81. The van der Waals surface area contributed by atoms with Gasteiger partial charge in [0.15, 0.2) is 5.82 Å². The van der Waals surface area contributed by atoms with Crippen molar-refractivity contribution in [2.75, 3.05) is 43.6 Å². The Bertz CT molecular complexity index is 424. The van der Waals surface area contributed by atoms with E-state index in [1.807, 2.05) is 7.05 Å². The zero-order chi connectivity index (χ0) is 14.4. The highest BCUT2D eigenvalue weighted by molar-refractivity contribution is 6.32. The van der Waals surface area contributed by atoms with Crippen LogP contribution in [0.4, 0.5) is 11.8 Å². The van der Waals surface area contributed by atoms with E-state index < -0.39 is 0 Å². The molecule has 1 aromatic heterocycles. The van der Waals surface area contributed by atoms with Crippen LogP contribution in [0.15, 0.2) is 6.20 Å². The van der Waals surface area contributed by atoms with Gasteiger partial charge >= 0.3 is 0 Å². The van der Waals surface area contributed by atoms with Gasteiger partial charge in [-0.05, 0) is 25.2 Å². The van der Waals surface area contributed by atoms with Gasteiger partial charge in [0.2, 0.25) is 5.95 Å². The highest BCUT2D eigenvalue weighted by atomic mass is 35.5. The van der Waals surface area contributed by atoms with Crippen molar-refractivity contribution in [1.29, 1.82) is 0 Å². The van der Waals surface area contributed by atoms with Crippen LogP contribution in [0, 0.1) is 5.92 Å². The smallest absolute Gasteiger partial charge is 0.224 e. The molecular formula is C14H23ClN4O. The van der Waals surface area contributed by atoms with Crippen LogP contribution in [0.5, 0.6) is 0 Å². The van der Waals surface area contributed by atoms with Crippen LogP contribution in [-0.2, 0) is 4.74 Å². The summed E-state index contributed by atoms with van der Waals surface area (Å²) < 4.78 is 5.52. The molecule has 1 unspecified atom stereocenters. The molecule has 1 aliphatic heterocycles.